The summed E-state index contributed by atoms with van der Waals surface area (Å²) < 4.78 is 6.25. The van der Waals surface area contributed by atoms with Crippen LogP contribution in [-0.2, 0) is 4.79 Å². The van der Waals surface area contributed by atoms with Gasteiger partial charge in [0.1, 0.15) is 29.1 Å². The van der Waals surface area contributed by atoms with E-state index in [0.29, 0.717) is 39.0 Å². The van der Waals surface area contributed by atoms with Crippen molar-refractivity contribution in [2.24, 2.45) is 16.8 Å². The van der Waals surface area contributed by atoms with E-state index < -0.39 is 5.97 Å². The van der Waals surface area contributed by atoms with Gasteiger partial charge in [-0.25, -0.2) is 4.98 Å². The molecule has 2 fully saturated rings. The molecule has 0 amide bonds. The number of anilines is 2. The third-order valence-electron chi connectivity index (χ3n) is 6.79. The van der Waals surface area contributed by atoms with Crippen LogP contribution in [0.25, 0.3) is 0 Å². The third-order valence-corrected chi connectivity index (χ3v) is 7.36. The number of nitrogens with zero attached hydrogens (tertiary/aromatic N) is 4. The summed E-state index contributed by atoms with van der Waals surface area (Å²) in [4.78, 5) is 24.2. The number of hydrogen-bond donors (Lipinski definition) is 2. The number of carboxylic acid groups (broad SMARTS) is 1. The second-order valence-electron chi connectivity index (χ2n) is 9.29. The Morgan fingerprint density at radius 2 is 2.09 bits per heavy atom. The molecule has 3 N–H and O–H groups in total. The molecule has 10 heteroatoms. The fourth-order valence-corrected chi connectivity index (χ4v) is 5.47. The van der Waals surface area contributed by atoms with Crippen molar-refractivity contribution in [1.82, 2.24) is 9.88 Å². The van der Waals surface area contributed by atoms with Gasteiger partial charge in [0.15, 0.2) is 0 Å². The molecule has 2 aliphatic heterocycles. The van der Waals surface area contributed by atoms with E-state index in [4.69, 9.17) is 43.8 Å². The van der Waals surface area contributed by atoms with Crippen LogP contribution in [-0.4, -0.2) is 66.9 Å². The van der Waals surface area contributed by atoms with Gasteiger partial charge in [0.05, 0.1) is 6.54 Å². The first-order valence-electron chi connectivity index (χ1n) is 11.8. The molecule has 188 valence electrons. The molecule has 1 aromatic carbocycles. The molecule has 4 rings (SSSR count). The van der Waals surface area contributed by atoms with Crippen molar-refractivity contribution in [3.05, 3.63) is 45.6 Å². The highest BCUT2D eigenvalue weighted by Gasteiger charge is 2.37. The number of carboxylic acids is 1. The topological polar surface area (TPSA) is 104 Å². The first-order chi connectivity index (χ1) is 16.7. The maximum absolute atomic E-state index is 11.1. The number of carbonyl (C=O) groups is 1. The molecule has 0 saturated carbocycles. The Morgan fingerprint density at radius 1 is 1.31 bits per heavy atom. The maximum Gasteiger partial charge on any atom is 0.317 e. The minimum atomic E-state index is -0.765. The molecule has 2 aliphatic rings. The Labute approximate surface area is 215 Å². The van der Waals surface area contributed by atoms with Crippen molar-refractivity contribution >= 4 is 46.9 Å². The molecule has 1 unspecified atom stereocenters. The summed E-state index contributed by atoms with van der Waals surface area (Å²) in [5.41, 5.74) is 8.17. The first-order valence-corrected chi connectivity index (χ1v) is 12.5. The zero-order valence-electron chi connectivity index (χ0n) is 20.0. The predicted molar refractivity (Wildman–Crippen MR) is 140 cm³/mol. The lowest BCUT2D eigenvalue weighted by molar-refractivity contribution is -0.138. The van der Waals surface area contributed by atoms with Crippen LogP contribution >= 0.6 is 23.2 Å². The fraction of sp³-hybridized carbons (Fsp3) is 0.480. The van der Waals surface area contributed by atoms with Crippen molar-refractivity contribution in [2.75, 3.05) is 50.4 Å². The highest BCUT2D eigenvalue weighted by atomic mass is 35.5. The van der Waals surface area contributed by atoms with Crippen LogP contribution in [0.4, 0.5) is 11.5 Å². The number of ether oxygens (including phenoxy) is 1. The number of rotatable bonds is 8. The molecule has 0 aliphatic carbocycles. The third kappa shape index (κ3) is 6.00. The van der Waals surface area contributed by atoms with Crippen LogP contribution in [0.5, 0.6) is 5.75 Å². The number of aliphatic imine (C=N–C) groups is 1. The number of pyridine rings is 1. The van der Waals surface area contributed by atoms with Gasteiger partial charge < -0.3 is 20.5 Å². The lowest BCUT2D eigenvalue weighted by Gasteiger charge is -2.47. The van der Waals surface area contributed by atoms with E-state index in [-0.39, 0.29) is 12.6 Å². The van der Waals surface area contributed by atoms with Gasteiger partial charge in [-0.3, -0.25) is 14.7 Å². The van der Waals surface area contributed by atoms with Crippen LogP contribution < -0.4 is 15.4 Å². The van der Waals surface area contributed by atoms with Crippen molar-refractivity contribution in [3.63, 3.8) is 0 Å². The van der Waals surface area contributed by atoms with Gasteiger partial charge in [-0.2, -0.15) is 0 Å². The van der Waals surface area contributed by atoms with Crippen LogP contribution in [0.15, 0.2) is 29.3 Å². The van der Waals surface area contributed by atoms with Crippen molar-refractivity contribution in [2.45, 2.75) is 25.9 Å². The lowest BCUT2D eigenvalue weighted by atomic mass is 9.80. The molecular weight excluding hydrogens is 489 g/mol. The largest absolute Gasteiger partial charge is 0.484 e. The second kappa shape index (κ2) is 11.0. The molecule has 8 nitrogen and oxygen atoms in total. The zero-order chi connectivity index (χ0) is 25.1. The molecule has 0 radical (unpaired) electrons. The minimum Gasteiger partial charge on any atom is -0.484 e. The van der Waals surface area contributed by atoms with Crippen molar-refractivity contribution in [3.8, 4) is 5.75 Å². The Morgan fingerprint density at radius 3 is 2.77 bits per heavy atom. The number of nitrogens with two attached hydrogens (primary N) is 1. The van der Waals surface area contributed by atoms with Gasteiger partial charge in [-0.05, 0) is 50.3 Å². The molecule has 1 aromatic heterocycles. The Kier molecular flexibility index (Phi) is 8.04. The summed E-state index contributed by atoms with van der Waals surface area (Å²) >= 11 is 12.4. The van der Waals surface area contributed by atoms with Crippen LogP contribution in [0.1, 0.15) is 37.1 Å². The number of aliphatic carboxylic acids is 1. The first kappa shape index (κ1) is 25.5. The van der Waals surface area contributed by atoms with Crippen LogP contribution in [0.2, 0.25) is 10.0 Å². The van der Waals surface area contributed by atoms with Gasteiger partial charge in [0, 0.05) is 54.6 Å². The van der Waals surface area contributed by atoms with Gasteiger partial charge >= 0.3 is 5.97 Å². The fourth-order valence-electron chi connectivity index (χ4n) is 4.91. The summed E-state index contributed by atoms with van der Waals surface area (Å²) in [5.74, 6) is 1.54. The van der Waals surface area contributed by atoms with Crippen LogP contribution in [0.3, 0.4) is 0 Å². The minimum absolute atomic E-state index is 0.114. The summed E-state index contributed by atoms with van der Waals surface area (Å²) in [6, 6.07) is 7.19. The predicted octanol–water partition coefficient (Wildman–Crippen LogP) is 4.39. The van der Waals surface area contributed by atoms with E-state index in [1.165, 1.54) is 0 Å². The Hall–Kier alpha value is -2.55. The van der Waals surface area contributed by atoms with E-state index in [0.717, 1.165) is 50.4 Å². The number of aromatic nitrogens is 1. The van der Waals surface area contributed by atoms with E-state index in [2.05, 4.69) is 9.89 Å². The van der Waals surface area contributed by atoms with Gasteiger partial charge in [-0.15, -0.1) is 0 Å². The molecule has 35 heavy (non-hydrogen) atoms. The summed E-state index contributed by atoms with van der Waals surface area (Å²) in [7, 11) is 1.68. The van der Waals surface area contributed by atoms with E-state index in [1.54, 1.807) is 25.4 Å². The van der Waals surface area contributed by atoms with Gasteiger partial charge in [-0.1, -0.05) is 29.3 Å². The van der Waals surface area contributed by atoms with Crippen molar-refractivity contribution < 1.29 is 14.6 Å². The lowest BCUT2D eigenvalue weighted by Crippen LogP contribution is -2.54. The molecule has 3 heterocycles. The van der Waals surface area contributed by atoms with Crippen molar-refractivity contribution in [1.29, 1.82) is 0 Å². The monoisotopic (exact) mass is 519 g/mol. The molecular formula is C25H31Cl2N5O3. The van der Waals surface area contributed by atoms with Gasteiger partial charge in [0.2, 0.25) is 0 Å². The summed E-state index contributed by atoms with van der Waals surface area (Å²) in [6.07, 6.45) is 3.45. The Balaban J connectivity index is 1.48. The number of piperidine rings is 1. The number of benzene rings is 1. The molecule has 0 spiro atoms. The quantitative estimate of drug-likeness (QED) is 0.498. The standard InChI is InChI=1S/C25H31Cl2N5O3/c1-15(19-6-5-18(26)8-20(19)27)35-22-9-23(30-21(10-29-2)25(22)28)32-12-17(13-32)16-4-3-7-31(11-16)14-24(33)34/h5-6,8-10,15-17H,3-4,7,11-14,28H2,1-2H3,(H,33,34)/t15-,16?/m1/s1. The number of likely N-dealkylation sites (tertiary alicyclic amines) is 1. The SMILES string of the molecule is CN=Cc1nc(N2CC(C3CCCN(CC(=O)O)C3)C2)cc(O[C@H](C)c2ccc(Cl)cc2Cl)c1N. The normalized spacial score (nSPS) is 20.1. The average Bonchev–Trinajstić information content (AvgIpc) is 2.75. The average molecular weight is 520 g/mol. The van der Waals surface area contributed by atoms with E-state index in [9.17, 15) is 4.79 Å². The molecule has 2 saturated heterocycles. The zero-order valence-corrected chi connectivity index (χ0v) is 21.5. The highest BCUT2D eigenvalue weighted by molar-refractivity contribution is 6.35. The van der Waals surface area contributed by atoms with Crippen LogP contribution in [0, 0.1) is 11.8 Å². The molecule has 2 aromatic rings. The van der Waals surface area contributed by atoms with E-state index >= 15 is 0 Å². The van der Waals surface area contributed by atoms with Gasteiger partial charge in [0.25, 0.3) is 0 Å². The number of hydrogen-bond acceptors (Lipinski definition) is 7. The molecule has 2 atom stereocenters. The number of nitrogen functional groups attached to an aromatic ring is 1. The van der Waals surface area contributed by atoms with E-state index in [1.807, 2.05) is 24.0 Å². The summed E-state index contributed by atoms with van der Waals surface area (Å²) in [5, 5.41) is 10.2. The maximum atomic E-state index is 11.1. The summed E-state index contributed by atoms with van der Waals surface area (Å²) in [6.45, 7) is 5.44. The smallest absolute Gasteiger partial charge is 0.317 e. The highest BCUT2D eigenvalue weighted by Crippen LogP contribution is 2.38. The number of halogens is 2. The molecule has 0 bridgehead atoms. The Bertz CT molecular complexity index is 1110. The second-order valence-corrected chi connectivity index (χ2v) is 10.1.